The molecule has 1 aliphatic heterocycles. The van der Waals surface area contributed by atoms with Crippen LogP contribution in [0.2, 0.25) is 0 Å². The fourth-order valence-electron chi connectivity index (χ4n) is 4.14. The second-order valence-electron chi connectivity index (χ2n) is 7.68. The molecule has 140 valence electrons. The molecular formula is C21H33NO3. The number of ketones is 1. The zero-order chi connectivity index (χ0) is 18.4. The maximum Gasteiger partial charge on any atom is 0.160 e. The minimum atomic E-state index is 0.373. The van der Waals surface area contributed by atoms with Gasteiger partial charge in [-0.2, -0.15) is 0 Å². The summed E-state index contributed by atoms with van der Waals surface area (Å²) in [7, 11) is 5.41. The van der Waals surface area contributed by atoms with Gasteiger partial charge in [-0.1, -0.05) is 26.0 Å². The number of nitrogens with zero attached hydrogens (tertiary/aromatic N) is 1. The zero-order valence-corrected chi connectivity index (χ0v) is 16.3. The molecule has 3 rings (SSSR count). The quantitative estimate of drug-likeness (QED) is 0.824. The van der Waals surface area contributed by atoms with E-state index in [1.807, 2.05) is 24.3 Å². The first-order valence-electron chi connectivity index (χ1n) is 9.36. The van der Waals surface area contributed by atoms with Crippen molar-refractivity contribution in [3.05, 3.63) is 24.3 Å². The summed E-state index contributed by atoms with van der Waals surface area (Å²) in [6.07, 6.45) is 4.39. The molecule has 1 saturated carbocycles. The van der Waals surface area contributed by atoms with Crippen LogP contribution in [0.25, 0.3) is 0 Å². The lowest BCUT2D eigenvalue weighted by atomic mass is 9.74. The van der Waals surface area contributed by atoms with E-state index in [0.29, 0.717) is 23.7 Å². The van der Waals surface area contributed by atoms with Gasteiger partial charge in [0, 0.05) is 18.4 Å². The Morgan fingerprint density at radius 1 is 1.16 bits per heavy atom. The minimum absolute atomic E-state index is 0.373. The lowest BCUT2D eigenvalue weighted by Gasteiger charge is -2.34. The second-order valence-corrected chi connectivity index (χ2v) is 7.68. The molecule has 1 heterocycles. The summed E-state index contributed by atoms with van der Waals surface area (Å²) < 4.78 is 10.0. The summed E-state index contributed by atoms with van der Waals surface area (Å²) in [6.45, 7) is 5.64. The van der Waals surface area contributed by atoms with Crippen molar-refractivity contribution in [2.45, 2.75) is 45.6 Å². The first-order valence-corrected chi connectivity index (χ1v) is 9.36. The third-order valence-electron chi connectivity index (χ3n) is 5.46. The van der Waals surface area contributed by atoms with E-state index in [1.165, 1.54) is 13.0 Å². The molecule has 25 heavy (non-hydrogen) atoms. The number of hydrogen-bond donors (Lipinski definition) is 0. The van der Waals surface area contributed by atoms with E-state index in [4.69, 9.17) is 9.47 Å². The highest BCUT2D eigenvalue weighted by Crippen LogP contribution is 2.38. The van der Waals surface area contributed by atoms with E-state index >= 15 is 0 Å². The van der Waals surface area contributed by atoms with Crippen molar-refractivity contribution in [3.63, 3.8) is 0 Å². The number of benzene rings is 1. The molecule has 0 amide bonds. The lowest BCUT2D eigenvalue weighted by molar-refractivity contribution is -0.127. The highest BCUT2D eigenvalue weighted by molar-refractivity contribution is 5.82. The molecule has 4 nitrogen and oxygen atoms in total. The number of likely N-dealkylation sites (tertiary alicyclic amines) is 1. The van der Waals surface area contributed by atoms with Gasteiger partial charge in [-0.25, -0.2) is 0 Å². The van der Waals surface area contributed by atoms with Crippen LogP contribution in [-0.2, 0) is 4.79 Å². The number of carbonyl (C=O) groups excluding carboxylic acids is 1. The largest absolute Gasteiger partial charge is 0.493 e. The van der Waals surface area contributed by atoms with Crippen LogP contribution in [0.3, 0.4) is 0 Å². The van der Waals surface area contributed by atoms with Crippen LogP contribution in [0, 0.1) is 17.8 Å². The smallest absolute Gasteiger partial charge is 0.160 e. The molecule has 1 aromatic carbocycles. The standard InChI is InChI=1S/C13H23NO.C8H10O2/c1-9(2)6-11-7-10-4-5-14(3)12(10)8-13(11)15;1-9-7-5-3-4-6-8(7)10-2/h9-12H,4-8H2,1-3H3;3-6H,1-2H3/t10?,11?,12-;/m0./s1. The highest BCUT2D eigenvalue weighted by Gasteiger charge is 2.41. The predicted octanol–water partition coefficient (Wildman–Crippen LogP) is 4.04. The average Bonchev–Trinajstić information content (AvgIpc) is 2.95. The number of rotatable bonds is 4. The van der Waals surface area contributed by atoms with E-state index in [0.717, 1.165) is 36.7 Å². The SMILES string of the molecule is CC(C)CC1CC2CCN(C)[C@H]2CC1=O.COc1ccccc1OC. The topological polar surface area (TPSA) is 38.8 Å². The Kier molecular flexibility index (Phi) is 7.30. The Balaban J connectivity index is 0.000000196. The van der Waals surface area contributed by atoms with Gasteiger partial charge in [-0.3, -0.25) is 4.79 Å². The van der Waals surface area contributed by atoms with Crippen molar-refractivity contribution in [1.29, 1.82) is 0 Å². The molecule has 2 unspecified atom stereocenters. The van der Waals surface area contributed by atoms with Gasteiger partial charge in [0.2, 0.25) is 0 Å². The lowest BCUT2D eigenvalue weighted by Crippen LogP contribution is -2.39. The summed E-state index contributed by atoms with van der Waals surface area (Å²) in [5.74, 6) is 3.90. The molecule has 0 spiro atoms. The molecule has 2 aliphatic rings. The summed E-state index contributed by atoms with van der Waals surface area (Å²) in [5.41, 5.74) is 0. The Bertz CT molecular complexity index is 535. The first-order chi connectivity index (χ1) is 12.0. The Morgan fingerprint density at radius 3 is 2.28 bits per heavy atom. The molecule has 1 saturated heterocycles. The fourth-order valence-corrected chi connectivity index (χ4v) is 4.14. The highest BCUT2D eigenvalue weighted by atomic mass is 16.5. The second kappa shape index (κ2) is 9.23. The molecular weight excluding hydrogens is 314 g/mol. The Hall–Kier alpha value is -1.55. The number of methoxy groups -OCH3 is 2. The van der Waals surface area contributed by atoms with E-state index < -0.39 is 0 Å². The third-order valence-corrected chi connectivity index (χ3v) is 5.46. The van der Waals surface area contributed by atoms with Crippen LogP contribution in [0.4, 0.5) is 0 Å². The van der Waals surface area contributed by atoms with Gasteiger partial charge in [0.25, 0.3) is 0 Å². The van der Waals surface area contributed by atoms with Crippen molar-refractivity contribution in [2.24, 2.45) is 17.8 Å². The van der Waals surface area contributed by atoms with E-state index in [-0.39, 0.29) is 0 Å². The van der Waals surface area contributed by atoms with Crippen LogP contribution in [0.1, 0.15) is 39.5 Å². The Morgan fingerprint density at radius 2 is 1.76 bits per heavy atom. The van der Waals surface area contributed by atoms with Gasteiger partial charge in [-0.05, 0) is 56.8 Å². The van der Waals surface area contributed by atoms with Crippen molar-refractivity contribution in [2.75, 3.05) is 27.8 Å². The summed E-state index contributed by atoms with van der Waals surface area (Å²) in [4.78, 5) is 14.4. The number of carbonyl (C=O) groups is 1. The van der Waals surface area contributed by atoms with Crippen molar-refractivity contribution in [1.82, 2.24) is 4.90 Å². The summed E-state index contributed by atoms with van der Waals surface area (Å²) >= 11 is 0. The van der Waals surface area contributed by atoms with Crippen molar-refractivity contribution < 1.29 is 14.3 Å². The van der Waals surface area contributed by atoms with E-state index in [2.05, 4.69) is 25.8 Å². The number of para-hydroxylation sites is 2. The van der Waals surface area contributed by atoms with Crippen LogP contribution in [-0.4, -0.2) is 44.5 Å². The molecule has 0 N–H and O–H groups in total. The average molecular weight is 347 g/mol. The van der Waals surface area contributed by atoms with Gasteiger partial charge < -0.3 is 14.4 Å². The zero-order valence-electron chi connectivity index (χ0n) is 16.3. The third kappa shape index (κ3) is 5.21. The number of hydrogen-bond acceptors (Lipinski definition) is 4. The predicted molar refractivity (Wildman–Crippen MR) is 101 cm³/mol. The number of Topliss-reactive ketones (excluding diaryl/α,β-unsaturated/α-hetero) is 1. The van der Waals surface area contributed by atoms with E-state index in [9.17, 15) is 4.79 Å². The van der Waals surface area contributed by atoms with Gasteiger partial charge in [0.05, 0.1) is 14.2 Å². The van der Waals surface area contributed by atoms with E-state index in [1.54, 1.807) is 14.2 Å². The molecule has 1 aromatic rings. The molecule has 2 fully saturated rings. The normalized spacial score (nSPS) is 26.0. The molecule has 0 aromatic heterocycles. The first kappa shape index (κ1) is 19.8. The van der Waals surface area contributed by atoms with Crippen LogP contribution < -0.4 is 9.47 Å². The Labute approximate surface area is 152 Å². The van der Waals surface area contributed by atoms with Gasteiger partial charge in [0.15, 0.2) is 11.5 Å². The molecule has 0 radical (unpaired) electrons. The molecule has 4 heteroatoms. The number of fused-ring (bicyclic) bond motifs is 1. The number of ether oxygens (including phenoxy) is 2. The molecule has 0 bridgehead atoms. The maximum atomic E-state index is 12.0. The fraction of sp³-hybridized carbons (Fsp3) is 0.667. The molecule has 1 aliphatic carbocycles. The minimum Gasteiger partial charge on any atom is -0.493 e. The van der Waals surface area contributed by atoms with Crippen LogP contribution in [0.15, 0.2) is 24.3 Å². The van der Waals surface area contributed by atoms with Gasteiger partial charge in [-0.15, -0.1) is 0 Å². The van der Waals surface area contributed by atoms with Gasteiger partial charge >= 0.3 is 0 Å². The molecule has 3 atom stereocenters. The summed E-state index contributed by atoms with van der Waals surface area (Å²) in [5, 5.41) is 0. The van der Waals surface area contributed by atoms with Crippen LogP contribution >= 0.6 is 0 Å². The van der Waals surface area contributed by atoms with Crippen molar-refractivity contribution in [3.8, 4) is 11.5 Å². The van der Waals surface area contributed by atoms with Gasteiger partial charge in [0.1, 0.15) is 5.78 Å². The van der Waals surface area contributed by atoms with Crippen molar-refractivity contribution >= 4 is 5.78 Å². The summed E-state index contributed by atoms with van der Waals surface area (Å²) in [6, 6.07) is 8.10. The van der Waals surface area contributed by atoms with Crippen LogP contribution in [0.5, 0.6) is 11.5 Å². The monoisotopic (exact) mass is 347 g/mol. The maximum absolute atomic E-state index is 12.0.